The Morgan fingerprint density at radius 1 is 1.35 bits per heavy atom. The zero-order valence-electron chi connectivity index (χ0n) is 12.6. The summed E-state index contributed by atoms with van der Waals surface area (Å²) in [7, 11) is 1.60. The fourth-order valence-electron chi connectivity index (χ4n) is 2.28. The first-order chi connectivity index (χ1) is 11.1. The molecule has 7 heteroatoms. The molecule has 1 heterocycles. The van der Waals surface area contributed by atoms with E-state index >= 15 is 0 Å². The summed E-state index contributed by atoms with van der Waals surface area (Å²) in [5.41, 5.74) is 1.19. The molecule has 0 radical (unpaired) electrons. The van der Waals surface area contributed by atoms with Crippen LogP contribution in [0, 0.1) is 0 Å². The van der Waals surface area contributed by atoms with Crippen LogP contribution in [0.3, 0.4) is 0 Å². The summed E-state index contributed by atoms with van der Waals surface area (Å²) in [6, 6.07) is 7.45. The van der Waals surface area contributed by atoms with Gasteiger partial charge in [0.2, 0.25) is 0 Å². The van der Waals surface area contributed by atoms with Gasteiger partial charge in [0.1, 0.15) is 23.0 Å². The molecule has 0 aliphatic heterocycles. The molecule has 1 aliphatic carbocycles. The highest BCUT2D eigenvalue weighted by Crippen LogP contribution is 2.30. The van der Waals surface area contributed by atoms with Crippen LogP contribution < -0.4 is 4.74 Å². The highest BCUT2D eigenvalue weighted by Gasteiger charge is 2.35. The lowest BCUT2D eigenvalue weighted by Crippen LogP contribution is -2.37. The Balaban J connectivity index is 1.79. The third-order valence-electron chi connectivity index (χ3n) is 3.61. The monoisotopic (exact) mass is 332 g/mol. The number of hydrogen-bond acceptors (Lipinski definition) is 5. The average Bonchev–Trinajstić information content (AvgIpc) is 3.28. The first kappa shape index (κ1) is 15.5. The number of benzene rings is 1. The maximum Gasteiger partial charge on any atom is 0.323 e. The van der Waals surface area contributed by atoms with Crippen LogP contribution in [0.25, 0.3) is 10.6 Å². The molecule has 1 aliphatic rings. The third-order valence-corrected chi connectivity index (χ3v) is 4.51. The van der Waals surface area contributed by atoms with Crippen molar-refractivity contribution >= 4 is 23.2 Å². The van der Waals surface area contributed by atoms with Crippen LogP contribution in [-0.2, 0) is 4.79 Å². The molecule has 1 N–H and O–H groups in total. The van der Waals surface area contributed by atoms with E-state index in [1.807, 2.05) is 24.3 Å². The van der Waals surface area contributed by atoms with Crippen LogP contribution in [-0.4, -0.2) is 46.6 Å². The Morgan fingerprint density at radius 2 is 2.04 bits per heavy atom. The van der Waals surface area contributed by atoms with E-state index in [1.165, 1.54) is 16.2 Å². The predicted molar refractivity (Wildman–Crippen MR) is 85.8 cm³/mol. The number of carboxylic acid groups (broad SMARTS) is 1. The Hall–Kier alpha value is -2.41. The van der Waals surface area contributed by atoms with Gasteiger partial charge in [0.05, 0.1) is 7.11 Å². The highest BCUT2D eigenvalue weighted by molar-refractivity contribution is 7.13. The average molecular weight is 332 g/mol. The number of nitrogens with zero attached hydrogens (tertiary/aromatic N) is 2. The van der Waals surface area contributed by atoms with Crippen molar-refractivity contribution in [2.45, 2.75) is 18.9 Å². The zero-order valence-corrected chi connectivity index (χ0v) is 13.4. The molecule has 2 aromatic rings. The number of carbonyl (C=O) groups is 2. The summed E-state index contributed by atoms with van der Waals surface area (Å²) in [6.45, 7) is -0.279. The van der Waals surface area contributed by atoms with Crippen molar-refractivity contribution in [2.75, 3.05) is 13.7 Å². The second kappa shape index (κ2) is 6.37. The lowest BCUT2D eigenvalue weighted by molar-refractivity contribution is -0.137. The van der Waals surface area contributed by atoms with E-state index < -0.39 is 5.97 Å². The Bertz CT molecular complexity index is 722. The molecular formula is C16H16N2O4S. The first-order valence-corrected chi connectivity index (χ1v) is 8.09. The minimum atomic E-state index is -1.00. The van der Waals surface area contributed by atoms with Gasteiger partial charge in [-0.3, -0.25) is 9.59 Å². The van der Waals surface area contributed by atoms with Crippen molar-refractivity contribution in [3.63, 3.8) is 0 Å². The molecule has 1 aromatic heterocycles. The predicted octanol–water partition coefficient (Wildman–Crippen LogP) is 2.51. The van der Waals surface area contributed by atoms with Crippen LogP contribution >= 0.6 is 11.3 Å². The van der Waals surface area contributed by atoms with E-state index in [4.69, 9.17) is 9.84 Å². The van der Waals surface area contributed by atoms with E-state index in [2.05, 4.69) is 4.98 Å². The lowest BCUT2D eigenvalue weighted by atomic mass is 10.2. The quantitative estimate of drug-likeness (QED) is 0.879. The molecule has 0 bridgehead atoms. The number of amides is 1. The summed E-state index contributed by atoms with van der Waals surface area (Å²) < 4.78 is 5.12. The normalized spacial score (nSPS) is 13.6. The van der Waals surface area contributed by atoms with Gasteiger partial charge in [0.25, 0.3) is 5.91 Å². The second-order valence-corrected chi connectivity index (χ2v) is 6.18. The molecular weight excluding hydrogens is 316 g/mol. The minimum Gasteiger partial charge on any atom is -0.497 e. The van der Waals surface area contributed by atoms with Crippen LogP contribution in [0.5, 0.6) is 5.75 Å². The number of aliphatic carboxylic acids is 1. The number of methoxy groups -OCH3 is 1. The Kier molecular flexibility index (Phi) is 4.29. The van der Waals surface area contributed by atoms with Gasteiger partial charge in [-0.05, 0) is 37.1 Å². The maximum absolute atomic E-state index is 12.5. The molecule has 1 fully saturated rings. The zero-order chi connectivity index (χ0) is 16.4. The molecule has 1 saturated carbocycles. The first-order valence-electron chi connectivity index (χ1n) is 7.21. The number of carboxylic acids is 1. The maximum atomic E-state index is 12.5. The fourth-order valence-corrected chi connectivity index (χ4v) is 3.08. The summed E-state index contributed by atoms with van der Waals surface area (Å²) >= 11 is 1.37. The molecule has 0 spiro atoms. The lowest BCUT2D eigenvalue weighted by Gasteiger charge is -2.18. The van der Waals surface area contributed by atoms with Crippen LogP contribution in [0.2, 0.25) is 0 Å². The van der Waals surface area contributed by atoms with Gasteiger partial charge in [0, 0.05) is 17.0 Å². The topological polar surface area (TPSA) is 79.7 Å². The third kappa shape index (κ3) is 3.50. The van der Waals surface area contributed by atoms with Crippen molar-refractivity contribution in [1.29, 1.82) is 0 Å². The molecule has 0 atom stereocenters. The van der Waals surface area contributed by atoms with Gasteiger partial charge in [-0.2, -0.15) is 0 Å². The molecule has 1 amide bonds. The summed E-state index contributed by atoms with van der Waals surface area (Å²) in [5, 5.41) is 11.4. The van der Waals surface area contributed by atoms with Crippen LogP contribution in [0.1, 0.15) is 23.3 Å². The highest BCUT2D eigenvalue weighted by atomic mass is 32.1. The van der Waals surface area contributed by atoms with Crippen LogP contribution in [0.4, 0.5) is 0 Å². The SMILES string of the molecule is COc1ccc(-c2nc(C(=O)N(CC(=O)O)C3CC3)cs2)cc1. The van der Waals surface area contributed by atoms with Crippen molar-refractivity contribution in [2.24, 2.45) is 0 Å². The van der Waals surface area contributed by atoms with Crippen molar-refractivity contribution < 1.29 is 19.4 Å². The van der Waals surface area contributed by atoms with Gasteiger partial charge in [-0.1, -0.05) is 0 Å². The van der Waals surface area contributed by atoms with Crippen molar-refractivity contribution in [3.8, 4) is 16.3 Å². The minimum absolute atomic E-state index is 0.0322. The van der Waals surface area contributed by atoms with Gasteiger partial charge in [-0.15, -0.1) is 11.3 Å². The summed E-state index contributed by atoms with van der Waals surface area (Å²) in [6.07, 6.45) is 1.71. The summed E-state index contributed by atoms with van der Waals surface area (Å²) in [4.78, 5) is 29.2. The van der Waals surface area contributed by atoms with E-state index in [0.29, 0.717) is 5.69 Å². The van der Waals surface area contributed by atoms with E-state index in [9.17, 15) is 9.59 Å². The summed E-state index contributed by atoms with van der Waals surface area (Å²) in [5.74, 6) is -0.565. The van der Waals surface area contributed by atoms with Gasteiger partial charge in [0.15, 0.2) is 0 Å². The van der Waals surface area contributed by atoms with E-state index in [-0.39, 0.29) is 18.5 Å². The molecule has 6 nitrogen and oxygen atoms in total. The van der Waals surface area contributed by atoms with Gasteiger partial charge >= 0.3 is 5.97 Å². The molecule has 1 aromatic carbocycles. The van der Waals surface area contributed by atoms with Crippen molar-refractivity contribution in [1.82, 2.24) is 9.88 Å². The number of thiazole rings is 1. The number of rotatable bonds is 6. The molecule has 120 valence electrons. The Morgan fingerprint density at radius 3 is 2.61 bits per heavy atom. The number of hydrogen-bond donors (Lipinski definition) is 1. The smallest absolute Gasteiger partial charge is 0.323 e. The Labute approximate surface area is 137 Å². The second-order valence-electron chi connectivity index (χ2n) is 5.32. The van der Waals surface area contributed by atoms with E-state index in [0.717, 1.165) is 29.2 Å². The molecule has 0 unspecified atom stereocenters. The standard InChI is InChI=1S/C16H16N2O4S/c1-22-12-6-2-10(3-7-12)15-17-13(9-23-15)16(21)18(8-14(19)20)11-4-5-11/h2-3,6-7,9,11H,4-5,8H2,1H3,(H,19,20). The molecule has 0 saturated heterocycles. The van der Waals surface area contributed by atoms with Gasteiger partial charge < -0.3 is 14.7 Å². The number of ether oxygens (including phenoxy) is 1. The number of carbonyl (C=O) groups excluding carboxylic acids is 1. The van der Waals surface area contributed by atoms with Gasteiger partial charge in [-0.25, -0.2) is 4.98 Å². The largest absolute Gasteiger partial charge is 0.497 e. The number of aromatic nitrogens is 1. The van der Waals surface area contributed by atoms with E-state index in [1.54, 1.807) is 12.5 Å². The molecule has 3 rings (SSSR count). The van der Waals surface area contributed by atoms with Crippen LogP contribution in [0.15, 0.2) is 29.6 Å². The fraction of sp³-hybridized carbons (Fsp3) is 0.312. The van der Waals surface area contributed by atoms with Crippen molar-refractivity contribution in [3.05, 3.63) is 35.3 Å². The molecule has 23 heavy (non-hydrogen) atoms.